The lowest BCUT2D eigenvalue weighted by Gasteiger charge is -2.17. The summed E-state index contributed by atoms with van der Waals surface area (Å²) in [4.78, 5) is 5.47. The molecule has 2 heterocycles. The van der Waals surface area contributed by atoms with E-state index in [1.165, 1.54) is 6.26 Å². The van der Waals surface area contributed by atoms with Crippen molar-refractivity contribution >= 4 is 21.2 Å². The molecule has 0 bridgehead atoms. The smallest absolute Gasteiger partial charge is 0.148 e. The molecule has 0 fully saturated rings. The second kappa shape index (κ2) is 5.85. The molecule has 1 atom stereocenters. The van der Waals surface area contributed by atoms with Crippen molar-refractivity contribution in [3.63, 3.8) is 0 Å². The van der Waals surface area contributed by atoms with E-state index in [1.807, 2.05) is 35.3 Å². The van der Waals surface area contributed by atoms with Gasteiger partial charge in [-0.1, -0.05) is 6.07 Å². The van der Waals surface area contributed by atoms with Gasteiger partial charge in [-0.05, 0) is 11.4 Å². The van der Waals surface area contributed by atoms with Crippen LogP contribution < -0.4 is 5.32 Å². The molecule has 2 rings (SSSR count). The number of imidazole rings is 1. The van der Waals surface area contributed by atoms with Crippen LogP contribution in [-0.4, -0.2) is 36.5 Å². The van der Waals surface area contributed by atoms with Gasteiger partial charge in [0.05, 0.1) is 5.75 Å². The summed E-state index contributed by atoms with van der Waals surface area (Å²) in [5.41, 5.74) is 0. The minimum absolute atomic E-state index is 0.0678. The van der Waals surface area contributed by atoms with Crippen molar-refractivity contribution in [2.45, 2.75) is 6.04 Å². The number of sulfone groups is 1. The van der Waals surface area contributed by atoms with Crippen molar-refractivity contribution in [2.24, 2.45) is 7.05 Å². The third kappa shape index (κ3) is 3.89. The molecule has 2 aromatic heterocycles. The summed E-state index contributed by atoms with van der Waals surface area (Å²) in [6.45, 7) is 0.411. The molecule has 1 N–H and O–H groups in total. The van der Waals surface area contributed by atoms with Crippen molar-refractivity contribution in [3.05, 3.63) is 40.6 Å². The second-order valence-corrected chi connectivity index (χ2v) is 7.67. The second-order valence-electron chi connectivity index (χ2n) is 4.43. The van der Waals surface area contributed by atoms with Crippen LogP contribution in [0.5, 0.6) is 0 Å². The van der Waals surface area contributed by atoms with Crippen LogP contribution in [-0.2, 0) is 16.9 Å². The standard InChI is InChI=1S/C12H17N3O2S2/c1-15-7-5-14-12(15)11(10-4-3-8-18-10)13-6-9-19(2,16)17/h3-5,7-8,11,13H,6,9H2,1-2H3. The zero-order valence-electron chi connectivity index (χ0n) is 10.9. The SMILES string of the molecule is Cn1ccnc1C(NCCS(C)(=O)=O)c1cccs1. The molecule has 19 heavy (non-hydrogen) atoms. The van der Waals surface area contributed by atoms with E-state index in [0.717, 1.165) is 10.7 Å². The maximum Gasteiger partial charge on any atom is 0.148 e. The summed E-state index contributed by atoms with van der Waals surface area (Å²) in [7, 11) is -1.02. The zero-order valence-corrected chi connectivity index (χ0v) is 12.5. The van der Waals surface area contributed by atoms with Crippen molar-refractivity contribution in [3.8, 4) is 0 Å². The van der Waals surface area contributed by atoms with Crippen LogP contribution in [0, 0.1) is 0 Å². The van der Waals surface area contributed by atoms with E-state index in [4.69, 9.17) is 0 Å². The molecule has 0 saturated carbocycles. The van der Waals surface area contributed by atoms with Crippen molar-refractivity contribution in [1.29, 1.82) is 0 Å². The normalized spacial score (nSPS) is 13.6. The van der Waals surface area contributed by atoms with E-state index >= 15 is 0 Å². The van der Waals surface area contributed by atoms with Crippen LogP contribution in [0.2, 0.25) is 0 Å². The molecule has 0 saturated heterocycles. The topological polar surface area (TPSA) is 64.0 Å². The summed E-state index contributed by atoms with van der Waals surface area (Å²) in [6, 6.07) is 3.94. The Kier molecular flexibility index (Phi) is 4.38. The molecule has 0 spiro atoms. The lowest BCUT2D eigenvalue weighted by Crippen LogP contribution is -2.29. The van der Waals surface area contributed by atoms with Gasteiger partial charge in [-0.15, -0.1) is 11.3 Å². The highest BCUT2D eigenvalue weighted by atomic mass is 32.2. The molecule has 0 aliphatic heterocycles. The predicted molar refractivity (Wildman–Crippen MR) is 77.1 cm³/mol. The molecule has 5 nitrogen and oxygen atoms in total. The summed E-state index contributed by atoms with van der Waals surface area (Å²) in [5.74, 6) is 1.01. The highest BCUT2D eigenvalue weighted by Crippen LogP contribution is 2.24. The zero-order chi connectivity index (χ0) is 13.9. The monoisotopic (exact) mass is 299 g/mol. The van der Waals surface area contributed by atoms with Gasteiger partial charge in [0.1, 0.15) is 21.7 Å². The summed E-state index contributed by atoms with van der Waals surface area (Å²) >= 11 is 1.63. The fourth-order valence-electron chi connectivity index (χ4n) is 1.82. The van der Waals surface area contributed by atoms with Gasteiger partial charge in [-0.3, -0.25) is 0 Å². The predicted octanol–water partition coefficient (Wildman–Crippen LogP) is 1.21. The van der Waals surface area contributed by atoms with Crippen molar-refractivity contribution < 1.29 is 8.42 Å². The third-order valence-electron chi connectivity index (χ3n) is 2.77. The molecule has 2 aromatic rings. The molecule has 0 aliphatic carbocycles. The van der Waals surface area contributed by atoms with Crippen molar-refractivity contribution in [2.75, 3.05) is 18.6 Å². The highest BCUT2D eigenvalue weighted by Gasteiger charge is 2.19. The van der Waals surface area contributed by atoms with Gasteiger partial charge in [-0.25, -0.2) is 13.4 Å². The highest BCUT2D eigenvalue weighted by molar-refractivity contribution is 7.90. The number of thiophene rings is 1. The maximum absolute atomic E-state index is 11.2. The van der Waals surface area contributed by atoms with Gasteiger partial charge >= 0.3 is 0 Å². The third-order valence-corrected chi connectivity index (χ3v) is 4.65. The van der Waals surface area contributed by atoms with Gasteiger partial charge in [0.15, 0.2) is 0 Å². The van der Waals surface area contributed by atoms with Crippen LogP contribution in [0.3, 0.4) is 0 Å². The number of aryl methyl sites for hydroxylation is 1. The fraction of sp³-hybridized carbons (Fsp3) is 0.417. The number of aromatic nitrogens is 2. The summed E-state index contributed by atoms with van der Waals surface area (Å²) < 4.78 is 24.3. The number of nitrogens with one attached hydrogen (secondary N) is 1. The summed E-state index contributed by atoms with van der Waals surface area (Å²) in [6.07, 6.45) is 4.87. The fourth-order valence-corrected chi connectivity index (χ4v) is 3.10. The lowest BCUT2D eigenvalue weighted by molar-refractivity contribution is 0.570. The Balaban J connectivity index is 2.15. The first-order valence-corrected chi connectivity index (χ1v) is 8.83. The first-order chi connectivity index (χ1) is 8.97. The average molecular weight is 299 g/mol. The first kappa shape index (κ1) is 14.2. The van der Waals surface area contributed by atoms with Gasteiger partial charge in [0.2, 0.25) is 0 Å². The van der Waals surface area contributed by atoms with Crippen LogP contribution in [0.1, 0.15) is 16.7 Å². The number of nitrogens with zero attached hydrogens (tertiary/aromatic N) is 2. The molecule has 0 aromatic carbocycles. The van der Waals surface area contributed by atoms with Crippen molar-refractivity contribution in [1.82, 2.24) is 14.9 Å². The lowest BCUT2D eigenvalue weighted by atomic mass is 10.2. The Morgan fingerprint density at radius 3 is 2.84 bits per heavy atom. The van der Waals surface area contributed by atoms with Gasteiger partial charge in [0.25, 0.3) is 0 Å². The van der Waals surface area contributed by atoms with E-state index in [1.54, 1.807) is 17.5 Å². The molecule has 0 amide bonds. The number of hydrogen-bond acceptors (Lipinski definition) is 5. The minimum Gasteiger partial charge on any atom is -0.336 e. The number of rotatable bonds is 6. The molecule has 0 radical (unpaired) electrons. The molecule has 0 aliphatic rings. The van der Waals surface area contributed by atoms with E-state index in [2.05, 4.69) is 10.3 Å². The molecule has 1 unspecified atom stereocenters. The first-order valence-electron chi connectivity index (χ1n) is 5.89. The quantitative estimate of drug-likeness (QED) is 0.870. The van der Waals surface area contributed by atoms with E-state index in [9.17, 15) is 8.42 Å². The van der Waals surface area contributed by atoms with E-state index in [0.29, 0.717) is 6.54 Å². The van der Waals surface area contributed by atoms with Crippen LogP contribution in [0.4, 0.5) is 0 Å². The van der Waals surface area contributed by atoms with Crippen LogP contribution in [0.25, 0.3) is 0 Å². The number of hydrogen-bond donors (Lipinski definition) is 1. The Hall–Kier alpha value is -1.18. The molecule has 7 heteroatoms. The molecule has 104 valence electrons. The average Bonchev–Trinajstić information content (AvgIpc) is 2.94. The van der Waals surface area contributed by atoms with Gasteiger partial charge < -0.3 is 9.88 Å². The van der Waals surface area contributed by atoms with Crippen LogP contribution in [0.15, 0.2) is 29.9 Å². The van der Waals surface area contributed by atoms with Crippen LogP contribution >= 0.6 is 11.3 Å². The molecular weight excluding hydrogens is 282 g/mol. The Morgan fingerprint density at radius 1 is 1.53 bits per heavy atom. The van der Waals surface area contributed by atoms with E-state index < -0.39 is 9.84 Å². The van der Waals surface area contributed by atoms with Gasteiger partial charge in [-0.2, -0.15) is 0 Å². The van der Waals surface area contributed by atoms with E-state index in [-0.39, 0.29) is 11.8 Å². The summed E-state index contributed by atoms with van der Waals surface area (Å²) in [5, 5.41) is 5.27. The largest absolute Gasteiger partial charge is 0.336 e. The Labute approximate surface area is 117 Å². The maximum atomic E-state index is 11.2. The Morgan fingerprint density at radius 2 is 2.32 bits per heavy atom. The molecular formula is C12H17N3O2S2. The minimum atomic E-state index is -2.95. The van der Waals surface area contributed by atoms with Gasteiger partial charge in [0, 0.05) is 37.1 Å². The Bertz CT molecular complexity index is 617.